The van der Waals surface area contributed by atoms with Crippen LogP contribution in [0.25, 0.3) is 0 Å². The lowest BCUT2D eigenvalue weighted by Gasteiger charge is -2.31. The van der Waals surface area contributed by atoms with Crippen molar-refractivity contribution in [2.75, 3.05) is 13.2 Å². The highest BCUT2D eigenvalue weighted by Crippen LogP contribution is 2.42. The van der Waals surface area contributed by atoms with Crippen molar-refractivity contribution in [1.82, 2.24) is 0 Å². The molecule has 284 valence electrons. The van der Waals surface area contributed by atoms with E-state index in [1.807, 2.05) is 123 Å². The van der Waals surface area contributed by atoms with Crippen molar-refractivity contribution in [3.05, 3.63) is 191 Å². The summed E-state index contributed by atoms with van der Waals surface area (Å²) >= 11 is 0. The van der Waals surface area contributed by atoms with Gasteiger partial charge in [0.1, 0.15) is 23.0 Å². The number of hydrogen-bond donors (Lipinski definition) is 0. The zero-order chi connectivity index (χ0) is 38.6. The molecule has 0 saturated carbocycles. The first-order chi connectivity index (χ1) is 26.9. The van der Waals surface area contributed by atoms with E-state index >= 15 is 0 Å². The molecule has 0 heterocycles. The average Bonchev–Trinajstić information content (AvgIpc) is 3.20. The topological polar surface area (TPSA) is 46.2 Å². The minimum absolute atomic E-state index is 0.0758. The Hall–Kier alpha value is -5.52. The van der Waals surface area contributed by atoms with E-state index in [2.05, 4.69) is 76.2 Å². The third-order valence-corrected chi connectivity index (χ3v) is 9.80. The molecule has 6 rings (SSSR count). The summed E-state index contributed by atoms with van der Waals surface area (Å²) in [6.45, 7) is 14.3. The first-order valence-corrected chi connectivity index (χ1v) is 19.6. The second kappa shape index (κ2) is 19.2. The van der Waals surface area contributed by atoms with E-state index in [9.17, 15) is 0 Å². The standard InChI is InChI=1S/C50H54O5/c1-7-51-41-31-27-37(28-32-41)47(35(3)4)43-23-15-17-25-45(43)53-49(39-19-11-9-12-20-39)55-50(40-21-13-10-14-22-40)54-46-26-18-16-24-44(46)48(36(5)6)38-29-33-42(34-30-38)52-8-2/h9-36,47-50H,7-8H2,1-6H3. The van der Waals surface area contributed by atoms with Crippen LogP contribution in [0.2, 0.25) is 0 Å². The van der Waals surface area contributed by atoms with Crippen molar-refractivity contribution < 1.29 is 23.7 Å². The lowest BCUT2D eigenvalue weighted by molar-refractivity contribution is -0.193. The molecule has 0 spiro atoms. The second-order valence-corrected chi connectivity index (χ2v) is 14.4. The molecule has 5 nitrogen and oxygen atoms in total. The van der Waals surface area contributed by atoms with Crippen molar-refractivity contribution in [2.24, 2.45) is 11.8 Å². The first-order valence-electron chi connectivity index (χ1n) is 19.6. The molecule has 0 amide bonds. The molecule has 0 saturated heterocycles. The van der Waals surface area contributed by atoms with Gasteiger partial charge in [0.25, 0.3) is 0 Å². The van der Waals surface area contributed by atoms with Crippen molar-refractivity contribution in [3.63, 3.8) is 0 Å². The van der Waals surface area contributed by atoms with Crippen LogP contribution in [0.15, 0.2) is 158 Å². The maximum absolute atomic E-state index is 7.04. The van der Waals surface area contributed by atoms with E-state index in [0.29, 0.717) is 25.0 Å². The molecule has 0 aliphatic rings. The molecule has 0 aliphatic heterocycles. The van der Waals surface area contributed by atoms with Crippen LogP contribution in [0, 0.1) is 11.8 Å². The Balaban J connectivity index is 1.37. The summed E-state index contributed by atoms with van der Waals surface area (Å²) in [4.78, 5) is 0. The largest absolute Gasteiger partial charge is 0.494 e. The van der Waals surface area contributed by atoms with Gasteiger partial charge in [-0.3, -0.25) is 4.74 Å². The van der Waals surface area contributed by atoms with Crippen LogP contribution in [-0.4, -0.2) is 13.2 Å². The Morgan fingerprint density at radius 2 is 0.727 bits per heavy atom. The third kappa shape index (κ3) is 9.97. The van der Waals surface area contributed by atoms with E-state index in [4.69, 9.17) is 23.7 Å². The normalized spacial score (nSPS) is 13.5. The molecule has 0 N–H and O–H groups in total. The van der Waals surface area contributed by atoms with Gasteiger partial charge < -0.3 is 18.9 Å². The van der Waals surface area contributed by atoms with Gasteiger partial charge in [0.05, 0.1) is 13.2 Å². The fourth-order valence-corrected chi connectivity index (χ4v) is 7.32. The van der Waals surface area contributed by atoms with Crippen molar-refractivity contribution in [2.45, 2.75) is 66.0 Å². The number of benzene rings is 6. The fraction of sp³-hybridized carbons (Fsp3) is 0.280. The smallest absolute Gasteiger partial charge is 0.230 e. The quantitative estimate of drug-likeness (QED) is 0.0823. The van der Waals surface area contributed by atoms with E-state index in [1.165, 1.54) is 11.1 Å². The highest BCUT2D eigenvalue weighted by Gasteiger charge is 2.29. The summed E-state index contributed by atoms with van der Waals surface area (Å²) in [7, 11) is 0. The Labute approximate surface area is 327 Å². The zero-order valence-corrected chi connectivity index (χ0v) is 32.9. The summed E-state index contributed by atoms with van der Waals surface area (Å²) in [5.74, 6) is 3.98. The van der Waals surface area contributed by atoms with Crippen LogP contribution in [0.1, 0.15) is 99.3 Å². The van der Waals surface area contributed by atoms with Gasteiger partial charge in [-0.1, -0.05) is 149 Å². The van der Waals surface area contributed by atoms with Gasteiger partial charge in [-0.2, -0.15) is 0 Å². The summed E-state index contributed by atoms with van der Waals surface area (Å²) in [6, 6.07) is 53.6. The molecule has 55 heavy (non-hydrogen) atoms. The predicted octanol–water partition coefficient (Wildman–Crippen LogP) is 12.9. The molecule has 5 heteroatoms. The lowest BCUT2D eigenvalue weighted by Crippen LogP contribution is -2.22. The molecule has 4 atom stereocenters. The Bertz CT molecular complexity index is 1880. The SMILES string of the molecule is CCOc1ccc(C(c2ccccc2OC(OC(Oc2ccccc2C(c2ccc(OCC)cc2)C(C)C)c2ccccc2)c2ccccc2)C(C)C)cc1. The van der Waals surface area contributed by atoms with E-state index < -0.39 is 12.6 Å². The Morgan fingerprint density at radius 3 is 1.07 bits per heavy atom. The molecular weight excluding hydrogens is 681 g/mol. The van der Waals surface area contributed by atoms with Crippen LogP contribution in [-0.2, 0) is 4.74 Å². The maximum Gasteiger partial charge on any atom is 0.230 e. The van der Waals surface area contributed by atoms with Gasteiger partial charge in [-0.15, -0.1) is 0 Å². The minimum atomic E-state index is -0.792. The van der Waals surface area contributed by atoms with Crippen LogP contribution in [0.3, 0.4) is 0 Å². The van der Waals surface area contributed by atoms with Gasteiger partial charge in [-0.25, -0.2) is 0 Å². The number of rotatable bonds is 18. The van der Waals surface area contributed by atoms with Crippen LogP contribution >= 0.6 is 0 Å². The first kappa shape index (κ1) is 39.2. The zero-order valence-electron chi connectivity index (χ0n) is 32.9. The van der Waals surface area contributed by atoms with Gasteiger partial charge in [0.2, 0.25) is 12.6 Å². The van der Waals surface area contributed by atoms with Gasteiger partial charge in [-0.05, 0) is 73.2 Å². The third-order valence-electron chi connectivity index (χ3n) is 9.80. The molecule has 0 aliphatic carbocycles. The van der Waals surface area contributed by atoms with E-state index in [0.717, 1.165) is 45.3 Å². The molecular formula is C50H54O5. The lowest BCUT2D eigenvalue weighted by atomic mass is 9.82. The Kier molecular flexibility index (Phi) is 13.7. The maximum atomic E-state index is 7.04. The van der Waals surface area contributed by atoms with Crippen LogP contribution < -0.4 is 18.9 Å². The highest BCUT2D eigenvalue weighted by atomic mass is 16.8. The predicted molar refractivity (Wildman–Crippen MR) is 222 cm³/mol. The molecule has 0 aromatic heterocycles. The summed E-state index contributed by atoms with van der Waals surface area (Å²) in [5, 5.41) is 0. The highest BCUT2D eigenvalue weighted by molar-refractivity contribution is 5.46. The van der Waals surface area contributed by atoms with Gasteiger partial charge in [0, 0.05) is 34.1 Å². The van der Waals surface area contributed by atoms with Crippen molar-refractivity contribution in [3.8, 4) is 23.0 Å². The molecule has 6 aromatic rings. The van der Waals surface area contributed by atoms with Crippen molar-refractivity contribution >= 4 is 0 Å². The van der Waals surface area contributed by atoms with Gasteiger partial charge in [0.15, 0.2) is 0 Å². The van der Waals surface area contributed by atoms with E-state index in [-0.39, 0.29) is 11.8 Å². The van der Waals surface area contributed by atoms with Crippen molar-refractivity contribution in [1.29, 1.82) is 0 Å². The van der Waals surface area contributed by atoms with Crippen LogP contribution in [0.4, 0.5) is 0 Å². The molecule has 0 fully saturated rings. The van der Waals surface area contributed by atoms with E-state index in [1.54, 1.807) is 0 Å². The average molecular weight is 735 g/mol. The second-order valence-electron chi connectivity index (χ2n) is 14.4. The number of ether oxygens (including phenoxy) is 5. The summed E-state index contributed by atoms with van der Waals surface area (Å²) in [5.41, 5.74) is 6.33. The van der Waals surface area contributed by atoms with Gasteiger partial charge >= 0.3 is 0 Å². The molecule has 0 radical (unpaired) electrons. The number of hydrogen-bond acceptors (Lipinski definition) is 5. The summed E-state index contributed by atoms with van der Waals surface area (Å²) in [6.07, 6.45) is -1.58. The van der Waals surface area contributed by atoms with Crippen LogP contribution in [0.5, 0.6) is 23.0 Å². The monoisotopic (exact) mass is 734 g/mol. The minimum Gasteiger partial charge on any atom is -0.494 e. The number of para-hydroxylation sites is 2. The molecule has 6 aromatic carbocycles. The summed E-state index contributed by atoms with van der Waals surface area (Å²) < 4.78 is 32.6. The molecule has 4 unspecified atom stereocenters. The molecule has 0 bridgehead atoms. The Morgan fingerprint density at radius 1 is 0.382 bits per heavy atom. The fourth-order valence-electron chi connectivity index (χ4n) is 7.32.